The summed E-state index contributed by atoms with van der Waals surface area (Å²) in [4.78, 5) is -1.07. The Morgan fingerprint density at radius 1 is 0.263 bits per heavy atom. The van der Waals surface area contributed by atoms with E-state index in [2.05, 4.69) is 0 Å². The van der Waals surface area contributed by atoms with Gasteiger partial charge < -0.3 is 163 Å². The summed E-state index contributed by atoms with van der Waals surface area (Å²) in [5.74, 6) is 0. The van der Waals surface area contributed by atoms with E-state index in [9.17, 15) is 114 Å². The predicted molar refractivity (Wildman–Crippen MR) is 292 cm³/mol. The summed E-state index contributed by atoms with van der Waals surface area (Å²) in [7, 11) is -9.89. The van der Waals surface area contributed by atoms with Gasteiger partial charge in [-0.05, 0) is 35.4 Å². The molecule has 39 nitrogen and oxygen atoms in total. The summed E-state index contributed by atoms with van der Waals surface area (Å²) < 4.78 is 149. The van der Waals surface area contributed by atoms with E-state index in [1.165, 1.54) is 24.3 Å². The van der Waals surface area contributed by atoms with E-state index in [-0.39, 0.29) is 11.1 Å². The van der Waals surface area contributed by atoms with Crippen LogP contribution >= 0.6 is 0 Å². The van der Waals surface area contributed by atoms with Gasteiger partial charge in [0.2, 0.25) is 0 Å². The molecule has 30 aliphatic heterocycles. The van der Waals surface area contributed by atoms with Crippen LogP contribution in [0.25, 0.3) is 11.1 Å². The quantitative estimate of drug-likeness (QED) is 0.124. The molecule has 16 saturated heterocycles. The van der Waals surface area contributed by atoms with Crippen LogP contribution in [-0.4, -0.2) is 375 Å². The predicted octanol–water partition coefficient (Wildman–Crippen LogP) is -12.4. The molecule has 0 radical (unpaired) electrons. The van der Waals surface area contributed by atoms with Crippen LogP contribution in [0, 0.1) is 0 Å². The summed E-state index contributed by atoms with van der Waals surface area (Å²) in [6.45, 7) is -8.14. The Morgan fingerprint density at radius 3 is 0.663 bits per heavy atom. The zero-order chi connectivity index (χ0) is 68.4. The highest BCUT2D eigenvalue weighted by Crippen LogP contribution is 2.40. The van der Waals surface area contributed by atoms with E-state index in [1.54, 1.807) is 0 Å². The summed E-state index contributed by atoms with van der Waals surface area (Å²) in [5, 5.41) is 216. The van der Waals surface area contributed by atoms with Gasteiger partial charge in [-0.15, -0.1) is 0 Å². The number of benzene rings is 2. The topological polar surface area (TPSA) is 600 Å². The van der Waals surface area contributed by atoms with Gasteiger partial charge in [0, 0.05) is 0 Å². The first kappa shape index (κ1) is 73.2. The molecular weight excluding hydrogens is 1340 g/mol. The van der Waals surface area contributed by atoms with Crippen molar-refractivity contribution in [2.45, 2.75) is 225 Å². The van der Waals surface area contributed by atoms with Gasteiger partial charge >= 0.3 is 0 Å². The highest BCUT2D eigenvalue weighted by atomic mass is 32.2. The first-order valence-corrected chi connectivity index (χ1v) is 32.7. The van der Waals surface area contributed by atoms with Crippen molar-refractivity contribution < 1.29 is 189 Å². The van der Waals surface area contributed by atoms with Crippen molar-refractivity contribution in [2.75, 3.05) is 46.2 Å². The van der Waals surface area contributed by atoms with Crippen LogP contribution in [0.4, 0.5) is 0 Å². The minimum atomic E-state index is -4.95. The second-order valence-electron chi connectivity index (χ2n) is 23.8. The number of hydrogen-bond acceptors (Lipinski definition) is 39. The van der Waals surface area contributed by atoms with Crippen LogP contribution < -0.4 is 0 Å². The zero-order valence-electron chi connectivity index (χ0n) is 49.3. The van der Waals surface area contributed by atoms with Crippen molar-refractivity contribution in [2.24, 2.45) is 0 Å². The molecule has 35 atom stereocenters. The molecule has 41 heteroatoms. The van der Waals surface area contributed by atoms with E-state index in [4.69, 9.17) is 74.7 Å². The van der Waals surface area contributed by atoms with Crippen LogP contribution in [0.2, 0.25) is 0 Å². The van der Waals surface area contributed by atoms with Crippen molar-refractivity contribution in [3.05, 3.63) is 48.5 Å². The van der Waals surface area contributed by atoms with Crippen LogP contribution in [0.1, 0.15) is 0 Å². The maximum absolute atomic E-state index is 14.0. The van der Waals surface area contributed by atoms with Crippen LogP contribution in [-0.2, 0) is 94.9 Å². The highest BCUT2D eigenvalue weighted by molar-refractivity contribution is 7.87. The summed E-state index contributed by atoms with van der Waals surface area (Å²) in [6.07, 6.45) is -76.0. The van der Waals surface area contributed by atoms with Crippen molar-refractivity contribution in [1.29, 1.82) is 0 Å². The third-order valence-corrected chi connectivity index (χ3v) is 20.4. The number of ether oxygens (including phenoxy) is 14. The number of hydrogen-bond donors (Lipinski definition) is 19. The molecule has 30 aliphatic rings. The molecule has 2 aromatic carbocycles. The van der Waals surface area contributed by atoms with Gasteiger partial charge in [0.25, 0.3) is 20.2 Å². The van der Waals surface area contributed by atoms with E-state index in [1.807, 2.05) is 0 Å². The van der Waals surface area contributed by atoms with Gasteiger partial charge in [-0.1, -0.05) is 24.3 Å². The maximum Gasteiger partial charge on any atom is 0.297 e. The monoisotopic (exact) mass is 1410 g/mol. The molecule has 0 aliphatic carbocycles. The fourth-order valence-corrected chi connectivity index (χ4v) is 14.3. The normalized spacial score (nSPS) is 49.1. The molecule has 2 aromatic rings. The van der Waals surface area contributed by atoms with Gasteiger partial charge in [-0.25, -0.2) is 0 Å². The van der Waals surface area contributed by atoms with Crippen molar-refractivity contribution in [3.8, 4) is 11.1 Å². The molecule has 0 amide bonds. The largest absolute Gasteiger partial charge is 0.394 e. The van der Waals surface area contributed by atoms with E-state index >= 15 is 0 Å². The molecule has 30 heterocycles. The van der Waals surface area contributed by atoms with E-state index in [0.717, 1.165) is 24.3 Å². The molecule has 0 aromatic heterocycles. The Morgan fingerprint density at radius 2 is 0.453 bits per heavy atom. The summed E-state index contributed by atoms with van der Waals surface area (Å²) in [6, 6.07) is 9.40. The Hall–Kier alpha value is -3.06. The minimum absolute atomic E-state index is 0.277. The Balaban J connectivity index is 1.00. The number of rotatable bonds is 5. The van der Waals surface area contributed by atoms with Gasteiger partial charge in [0.05, 0.1) is 56.0 Å². The third-order valence-electron chi connectivity index (χ3n) is 17.8. The van der Waals surface area contributed by atoms with Crippen LogP contribution in [0.5, 0.6) is 0 Å². The Labute approximate surface area is 537 Å². The molecule has 32 rings (SSSR count). The van der Waals surface area contributed by atoms with Crippen molar-refractivity contribution in [3.63, 3.8) is 0 Å². The lowest BCUT2D eigenvalue weighted by Gasteiger charge is -2.50. The zero-order valence-corrected chi connectivity index (χ0v) is 50.9. The molecule has 0 spiro atoms. The molecule has 20 bridgehead atoms. The minimum Gasteiger partial charge on any atom is -0.394 e. The second-order valence-corrected chi connectivity index (χ2v) is 27.0. The Kier molecular flexibility index (Phi) is 23.0. The SMILES string of the molecule is O=S1(=O)OCC2OC3OC4C(CO)OC(OC5C(CO)OC(OC6C(COS(=O)(=O)c7ccc(cc7)-c7ccc1cc7)OC(OC1C(CO)OC(OC7C(CO)OC(OC8C(CO)OC(OC2C(O)C3O)C(O)C8O)C(O)C7O)C(O)C1O)C(O)C6O)C(O)C5O)C(O)C4O. The molecule has 538 valence electrons. The average Bonchev–Trinajstić information content (AvgIpc) is 0.806. The lowest BCUT2D eigenvalue weighted by molar-refractivity contribution is -0.396. The fourth-order valence-electron chi connectivity index (χ4n) is 12.5. The fraction of sp³-hybridized carbons (Fsp3) is 0.778. The Bertz CT molecular complexity index is 3060. The molecule has 35 unspecified atom stereocenters. The highest BCUT2D eigenvalue weighted by Gasteiger charge is 2.60. The standard InChI is InChI=1S/C54H76O39S2/c55-9-20-41-27(60)34(67)48(80-20)88-42-21(10-56)83-51(37(70)30(42)63)92-46-25-14-78-94(74,75)18-5-1-16(2-6-18)17-3-7-19(8-4-17)95(76,77)79-15-26-47(32(65)39(72)53(85-26)90-44-23(12-58)81-49(87-41)35(68)28(44)61)93-52-38(71)31(64)43(22(11-57)84-52)89-50-36(69)29(62)45(24(13-59)82-50)91-54(86-25)40(73)33(46)66/h1-8,20-73H,9-15H2. The van der Waals surface area contributed by atoms with Gasteiger partial charge in [-0.2, -0.15) is 16.8 Å². The van der Waals surface area contributed by atoms with Crippen LogP contribution in [0.15, 0.2) is 58.3 Å². The summed E-state index contributed by atoms with van der Waals surface area (Å²) >= 11 is 0. The molecule has 95 heavy (non-hydrogen) atoms. The summed E-state index contributed by atoms with van der Waals surface area (Å²) in [5.41, 5.74) is 0.555. The van der Waals surface area contributed by atoms with Gasteiger partial charge in [-0.3, -0.25) is 8.37 Å². The average molecular weight is 1410 g/mol. The smallest absolute Gasteiger partial charge is 0.297 e. The van der Waals surface area contributed by atoms with Crippen LogP contribution in [0.3, 0.4) is 0 Å². The molecule has 16 fully saturated rings. The lowest BCUT2D eigenvalue weighted by atomic mass is 9.95. The second kappa shape index (κ2) is 29.9. The molecule has 19 N–H and O–H groups in total. The number of aliphatic hydroxyl groups is 19. The third kappa shape index (κ3) is 14.5. The van der Waals surface area contributed by atoms with E-state index < -0.39 is 291 Å². The van der Waals surface area contributed by atoms with Crippen molar-refractivity contribution in [1.82, 2.24) is 0 Å². The lowest BCUT2D eigenvalue weighted by Crippen LogP contribution is -2.68. The molecular formula is C54H76O39S2. The molecule has 0 saturated carbocycles. The van der Waals surface area contributed by atoms with Gasteiger partial charge in [0.1, 0.15) is 171 Å². The maximum atomic E-state index is 14.0. The van der Waals surface area contributed by atoms with Crippen molar-refractivity contribution >= 4 is 20.2 Å². The first-order chi connectivity index (χ1) is 45.1. The first-order valence-electron chi connectivity index (χ1n) is 29.9. The number of aliphatic hydroxyl groups excluding tert-OH is 19. The van der Waals surface area contributed by atoms with Gasteiger partial charge in [0.15, 0.2) is 44.0 Å². The van der Waals surface area contributed by atoms with E-state index in [0.29, 0.717) is 0 Å².